The summed E-state index contributed by atoms with van der Waals surface area (Å²) in [6, 6.07) is -0.696. The molecule has 1 aromatic heterocycles. The van der Waals surface area contributed by atoms with Crippen LogP contribution in [0.15, 0.2) is 0 Å². The summed E-state index contributed by atoms with van der Waals surface area (Å²) in [6.07, 6.45) is 0. The van der Waals surface area contributed by atoms with Gasteiger partial charge in [0.15, 0.2) is 12.3 Å². The summed E-state index contributed by atoms with van der Waals surface area (Å²) in [5, 5.41) is 3.69. The molecule has 0 aliphatic rings. The Hall–Kier alpha value is -1.28. The van der Waals surface area contributed by atoms with Crippen LogP contribution >= 0.6 is 46.4 Å². The van der Waals surface area contributed by atoms with Gasteiger partial charge in [-0.1, -0.05) is 60.3 Å². The maximum atomic E-state index is 11.9. The number of nitrogens with one attached hydrogen (secondary N) is 2. The largest absolute Gasteiger partial charge is 0.451 e. The first-order chi connectivity index (χ1) is 11.1. The molecule has 132 valence electrons. The van der Waals surface area contributed by atoms with Crippen molar-refractivity contribution < 1.29 is 19.1 Å². The number of amides is 3. The minimum absolute atomic E-state index is 0.112. The number of imide groups is 1. The van der Waals surface area contributed by atoms with Gasteiger partial charge in [-0.15, -0.1) is 0 Å². The van der Waals surface area contributed by atoms with Gasteiger partial charge in [0.2, 0.25) is 0 Å². The van der Waals surface area contributed by atoms with E-state index in [2.05, 4.69) is 10.3 Å². The molecule has 0 saturated carbocycles. The minimum Gasteiger partial charge on any atom is -0.451 e. The molecule has 24 heavy (non-hydrogen) atoms. The van der Waals surface area contributed by atoms with Crippen LogP contribution in [0.1, 0.15) is 24.3 Å². The summed E-state index contributed by atoms with van der Waals surface area (Å²) in [5.41, 5.74) is -0.395. The van der Waals surface area contributed by atoms with Gasteiger partial charge in [-0.2, -0.15) is 0 Å². The van der Waals surface area contributed by atoms with Crippen LogP contribution in [0, 0.1) is 5.92 Å². The minimum atomic E-state index is -1.04. The van der Waals surface area contributed by atoms with E-state index in [1.54, 1.807) is 0 Å². The molecule has 1 aromatic rings. The average molecular weight is 417 g/mol. The first-order valence-corrected chi connectivity index (χ1v) is 8.09. The zero-order chi connectivity index (χ0) is 18.4. The number of hydrogen-bond acceptors (Lipinski definition) is 5. The fraction of sp³-hybridized carbons (Fsp3) is 0.385. The average Bonchev–Trinajstić information content (AvgIpc) is 2.52. The van der Waals surface area contributed by atoms with Gasteiger partial charge in [0.1, 0.15) is 5.15 Å². The van der Waals surface area contributed by atoms with E-state index < -0.39 is 30.2 Å². The van der Waals surface area contributed by atoms with Gasteiger partial charge < -0.3 is 10.1 Å². The summed E-state index contributed by atoms with van der Waals surface area (Å²) in [6.45, 7) is 3.45. The van der Waals surface area contributed by atoms with Crippen molar-refractivity contribution in [1.82, 2.24) is 15.6 Å². The van der Waals surface area contributed by atoms with Crippen LogP contribution in [0.4, 0.5) is 4.79 Å². The highest BCUT2D eigenvalue weighted by atomic mass is 35.5. The number of carbonyl (C=O) groups is 3. The van der Waals surface area contributed by atoms with Crippen molar-refractivity contribution in [2.45, 2.75) is 13.8 Å². The van der Waals surface area contributed by atoms with E-state index in [0.29, 0.717) is 6.54 Å². The van der Waals surface area contributed by atoms with Crippen molar-refractivity contribution >= 4 is 64.3 Å². The molecule has 0 fully saturated rings. The number of rotatable bonds is 5. The number of urea groups is 1. The first kappa shape index (κ1) is 20.8. The molecule has 0 aliphatic carbocycles. The molecule has 1 heterocycles. The molecule has 3 amide bonds. The summed E-state index contributed by atoms with van der Waals surface area (Å²) >= 11 is 23.1. The maximum Gasteiger partial charge on any atom is 0.359 e. The Kier molecular flexibility index (Phi) is 8.02. The molecule has 0 aromatic carbocycles. The van der Waals surface area contributed by atoms with E-state index in [4.69, 9.17) is 51.1 Å². The number of carbonyl (C=O) groups excluding carboxylic acids is 3. The number of aromatic nitrogens is 1. The highest BCUT2D eigenvalue weighted by Crippen LogP contribution is 2.36. The number of hydrogen-bond donors (Lipinski definition) is 2. The molecule has 0 aliphatic heterocycles. The lowest BCUT2D eigenvalue weighted by atomic mass is 10.2. The van der Waals surface area contributed by atoms with Gasteiger partial charge in [0, 0.05) is 6.54 Å². The second kappa shape index (κ2) is 9.27. The highest BCUT2D eigenvalue weighted by molar-refractivity contribution is 6.52. The predicted molar refractivity (Wildman–Crippen MR) is 90.9 cm³/mol. The lowest BCUT2D eigenvalue weighted by molar-refractivity contribution is -0.123. The molecule has 0 atom stereocenters. The lowest BCUT2D eigenvalue weighted by Crippen LogP contribution is -2.42. The van der Waals surface area contributed by atoms with Crippen LogP contribution < -0.4 is 10.6 Å². The quantitative estimate of drug-likeness (QED) is 0.566. The first-order valence-electron chi connectivity index (χ1n) is 6.58. The molecule has 2 N–H and O–H groups in total. The van der Waals surface area contributed by atoms with Gasteiger partial charge in [-0.3, -0.25) is 10.1 Å². The smallest absolute Gasteiger partial charge is 0.359 e. The van der Waals surface area contributed by atoms with Crippen molar-refractivity contribution in [2.24, 2.45) is 5.92 Å². The Morgan fingerprint density at radius 1 is 1.08 bits per heavy atom. The van der Waals surface area contributed by atoms with Crippen LogP contribution in [-0.4, -0.2) is 36.0 Å². The third-order valence-electron chi connectivity index (χ3n) is 2.44. The Morgan fingerprint density at radius 2 is 1.71 bits per heavy atom. The van der Waals surface area contributed by atoms with E-state index in [1.165, 1.54) is 0 Å². The molecule has 1 rings (SSSR count). The van der Waals surface area contributed by atoms with Crippen LogP contribution in [0.25, 0.3) is 0 Å². The third-order valence-corrected chi connectivity index (χ3v) is 4.11. The number of nitrogens with zero attached hydrogens (tertiary/aromatic N) is 1. The lowest BCUT2D eigenvalue weighted by Gasteiger charge is -2.10. The van der Waals surface area contributed by atoms with Gasteiger partial charge in [-0.25, -0.2) is 14.6 Å². The standard InChI is InChI=1S/C13H13Cl4N3O4/c1-5(2)3-18-13(23)19-6(21)4-24-12(22)10-8(15)7(14)9(16)11(17)20-10/h5H,3-4H2,1-2H3,(H2,18,19,21,23). The molecule has 0 spiro atoms. The Bertz CT molecular complexity index is 667. The summed E-state index contributed by atoms with van der Waals surface area (Å²) in [5.74, 6) is -1.65. The van der Waals surface area contributed by atoms with E-state index >= 15 is 0 Å². The molecular formula is C13H13Cl4N3O4. The number of pyridine rings is 1. The van der Waals surface area contributed by atoms with Crippen LogP contribution in [0.3, 0.4) is 0 Å². The maximum absolute atomic E-state index is 11.9. The van der Waals surface area contributed by atoms with Gasteiger partial charge in [0.05, 0.1) is 15.1 Å². The fourth-order valence-electron chi connectivity index (χ4n) is 1.33. The molecule has 0 bridgehead atoms. The van der Waals surface area contributed by atoms with Crippen molar-refractivity contribution in [3.8, 4) is 0 Å². The second-order valence-corrected chi connectivity index (χ2v) is 6.41. The monoisotopic (exact) mass is 415 g/mol. The van der Waals surface area contributed by atoms with Gasteiger partial charge in [-0.05, 0) is 5.92 Å². The number of esters is 1. The molecule has 0 unspecified atom stereocenters. The van der Waals surface area contributed by atoms with Crippen molar-refractivity contribution in [1.29, 1.82) is 0 Å². The SMILES string of the molecule is CC(C)CNC(=O)NC(=O)COC(=O)c1nc(Cl)c(Cl)c(Cl)c1Cl. The van der Waals surface area contributed by atoms with Gasteiger partial charge in [0.25, 0.3) is 5.91 Å². The molecule has 0 saturated heterocycles. The second-order valence-electron chi connectivity index (χ2n) is 4.92. The van der Waals surface area contributed by atoms with Crippen LogP contribution in [0.5, 0.6) is 0 Å². The highest BCUT2D eigenvalue weighted by Gasteiger charge is 2.22. The molecule has 0 radical (unpaired) electrons. The molecule has 11 heteroatoms. The normalized spacial score (nSPS) is 10.5. The Morgan fingerprint density at radius 3 is 2.29 bits per heavy atom. The van der Waals surface area contributed by atoms with E-state index in [9.17, 15) is 14.4 Å². The zero-order valence-electron chi connectivity index (χ0n) is 12.6. The van der Waals surface area contributed by atoms with E-state index in [0.717, 1.165) is 0 Å². The topological polar surface area (TPSA) is 97.4 Å². The number of halogens is 4. The summed E-state index contributed by atoms with van der Waals surface area (Å²) in [7, 11) is 0. The van der Waals surface area contributed by atoms with Crippen LogP contribution in [0.2, 0.25) is 20.2 Å². The predicted octanol–water partition coefficient (Wildman–Crippen LogP) is 3.33. The number of ether oxygens (including phenoxy) is 1. The zero-order valence-corrected chi connectivity index (χ0v) is 15.6. The summed E-state index contributed by atoms with van der Waals surface area (Å²) < 4.78 is 4.71. The third kappa shape index (κ3) is 5.98. The molecule has 7 nitrogen and oxygen atoms in total. The van der Waals surface area contributed by atoms with Crippen LogP contribution in [-0.2, 0) is 9.53 Å². The van der Waals surface area contributed by atoms with E-state index in [1.807, 2.05) is 19.2 Å². The Balaban J connectivity index is 2.61. The Labute approximate surface area is 157 Å². The molecular weight excluding hydrogens is 404 g/mol. The van der Waals surface area contributed by atoms with Gasteiger partial charge >= 0.3 is 12.0 Å². The fourth-order valence-corrected chi connectivity index (χ4v) is 2.13. The van der Waals surface area contributed by atoms with E-state index in [-0.39, 0.29) is 26.1 Å². The van der Waals surface area contributed by atoms with Crippen molar-refractivity contribution in [3.63, 3.8) is 0 Å². The van der Waals surface area contributed by atoms with Crippen molar-refractivity contribution in [3.05, 3.63) is 25.9 Å². The summed E-state index contributed by atoms with van der Waals surface area (Å²) in [4.78, 5) is 38.4. The van der Waals surface area contributed by atoms with Crippen molar-refractivity contribution in [2.75, 3.05) is 13.2 Å².